The molecule has 0 aromatic heterocycles. The zero-order valence-corrected chi connectivity index (χ0v) is 16.5. The number of hydrogen-bond donors (Lipinski definition) is 2. The average Bonchev–Trinajstić information content (AvgIpc) is 2.71. The van der Waals surface area contributed by atoms with Gasteiger partial charge in [-0.2, -0.15) is 0 Å². The van der Waals surface area contributed by atoms with Crippen molar-refractivity contribution in [3.05, 3.63) is 53.6 Å². The highest BCUT2D eigenvalue weighted by molar-refractivity contribution is 5.79. The molecule has 2 N–H and O–H groups in total. The molecule has 0 atom stereocenters. The Bertz CT molecular complexity index is 730. The van der Waals surface area contributed by atoms with E-state index in [0.717, 1.165) is 40.9 Å². The van der Waals surface area contributed by atoms with E-state index >= 15 is 0 Å². The Kier molecular flexibility index (Phi) is 8.29. The standard InChI is InChI=1S/C21H29N3O3/c1-5-22-21(23-14-16-7-10-18(25-3)11-8-16)24-15-17-9-12-19(26-4)20(13-17)27-6-2/h7-13H,5-6,14-15H2,1-4H3,(H2,22,23,24). The number of aliphatic imine (C=N–C) groups is 1. The van der Waals surface area contributed by atoms with E-state index in [1.54, 1.807) is 14.2 Å². The molecule has 2 aromatic rings. The zero-order chi connectivity index (χ0) is 19.5. The smallest absolute Gasteiger partial charge is 0.191 e. The monoisotopic (exact) mass is 371 g/mol. The topological polar surface area (TPSA) is 64.1 Å². The number of hydrogen-bond acceptors (Lipinski definition) is 4. The third-order valence-electron chi connectivity index (χ3n) is 3.91. The van der Waals surface area contributed by atoms with Crippen molar-refractivity contribution in [1.82, 2.24) is 10.6 Å². The maximum atomic E-state index is 5.63. The van der Waals surface area contributed by atoms with Crippen LogP contribution in [0.3, 0.4) is 0 Å². The van der Waals surface area contributed by atoms with Gasteiger partial charge in [-0.25, -0.2) is 4.99 Å². The van der Waals surface area contributed by atoms with Gasteiger partial charge in [-0.1, -0.05) is 18.2 Å². The van der Waals surface area contributed by atoms with E-state index in [1.165, 1.54) is 0 Å². The lowest BCUT2D eigenvalue weighted by Gasteiger charge is -2.13. The predicted octanol–water partition coefficient (Wildman–Crippen LogP) is 3.36. The van der Waals surface area contributed by atoms with Crippen molar-refractivity contribution in [1.29, 1.82) is 0 Å². The Balaban J connectivity index is 2.02. The van der Waals surface area contributed by atoms with Crippen LogP contribution in [0.5, 0.6) is 17.2 Å². The van der Waals surface area contributed by atoms with E-state index in [0.29, 0.717) is 19.7 Å². The summed E-state index contributed by atoms with van der Waals surface area (Å²) in [6, 6.07) is 13.9. The molecule has 0 aliphatic rings. The van der Waals surface area contributed by atoms with Crippen LogP contribution in [0.25, 0.3) is 0 Å². The lowest BCUT2D eigenvalue weighted by atomic mass is 10.2. The molecular formula is C21H29N3O3. The first-order valence-electron chi connectivity index (χ1n) is 9.15. The van der Waals surface area contributed by atoms with Gasteiger partial charge in [0.05, 0.1) is 27.4 Å². The summed E-state index contributed by atoms with van der Waals surface area (Å²) < 4.78 is 16.1. The summed E-state index contributed by atoms with van der Waals surface area (Å²) in [4.78, 5) is 4.66. The van der Waals surface area contributed by atoms with Gasteiger partial charge in [-0.3, -0.25) is 0 Å². The summed E-state index contributed by atoms with van der Waals surface area (Å²) >= 11 is 0. The molecule has 0 saturated carbocycles. The molecule has 2 aromatic carbocycles. The minimum atomic E-state index is 0.544. The normalized spacial score (nSPS) is 11.0. The number of benzene rings is 2. The number of nitrogens with one attached hydrogen (secondary N) is 2. The summed E-state index contributed by atoms with van der Waals surface area (Å²) in [5.74, 6) is 3.09. The highest BCUT2D eigenvalue weighted by Crippen LogP contribution is 2.28. The Morgan fingerprint density at radius 3 is 2.26 bits per heavy atom. The molecule has 0 unspecified atom stereocenters. The van der Waals surface area contributed by atoms with Crippen LogP contribution in [0.1, 0.15) is 25.0 Å². The molecule has 27 heavy (non-hydrogen) atoms. The minimum Gasteiger partial charge on any atom is -0.497 e. The summed E-state index contributed by atoms with van der Waals surface area (Å²) in [7, 11) is 3.31. The molecule has 0 fully saturated rings. The molecular weight excluding hydrogens is 342 g/mol. The van der Waals surface area contributed by atoms with Crippen LogP contribution in [0.15, 0.2) is 47.5 Å². The molecule has 0 spiro atoms. The Hall–Kier alpha value is -2.89. The van der Waals surface area contributed by atoms with Gasteiger partial charge in [0.2, 0.25) is 0 Å². The van der Waals surface area contributed by atoms with Gasteiger partial charge in [0.15, 0.2) is 17.5 Å². The van der Waals surface area contributed by atoms with Crippen LogP contribution >= 0.6 is 0 Å². The quantitative estimate of drug-likeness (QED) is 0.523. The molecule has 0 heterocycles. The van der Waals surface area contributed by atoms with E-state index in [-0.39, 0.29) is 0 Å². The van der Waals surface area contributed by atoms with E-state index < -0.39 is 0 Å². The molecule has 146 valence electrons. The molecule has 0 bridgehead atoms. The maximum absolute atomic E-state index is 5.63. The summed E-state index contributed by atoms with van der Waals surface area (Å²) in [5, 5.41) is 6.62. The first kappa shape index (κ1) is 20.4. The van der Waals surface area contributed by atoms with Gasteiger partial charge in [-0.15, -0.1) is 0 Å². The Morgan fingerprint density at radius 1 is 0.889 bits per heavy atom. The largest absolute Gasteiger partial charge is 0.497 e. The molecule has 6 heteroatoms. The molecule has 0 radical (unpaired) electrons. The summed E-state index contributed by atoms with van der Waals surface area (Å²) in [5.41, 5.74) is 2.21. The van der Waals surface area contributed by atoms with Crippen molar-refractivity contribution >= 4 is 5.96 Å². The number of rotatable bonds is 9. The van der Waals surface area contributed by atoms with Crippen LogP contribution < -0.4 is 24.8 Å². The van der Waals surface area contributed by atoms with Gasteiger partial charge in [0, 0.05) is 13.1 Å². The van der Waals surface area contributed by atoms with Gasteiger partial charge in [-0.05, 0) is 49.2 Å². The molecule has 0 aliphatic carbocycles. The molecule has 0 saturated heterocycles. The Labute approximate surface area is 161 Å². The third kappa shape index (κ3) is 6.40. The molecule has 6 nitrogen and oxygen atoms in total. The van der Waals surface area contributed by atoms with Crippen molar-refractivity contribution in [3.63, 3.8) is 0 Å². The van der Waals surface area contributed by atoms with Crippen molar-refractivity contribution in [2.24, 2.45) is 4.99 Å². The fourth-order valence-corrected chi connectivity index (χ4v) is 2.53. The second-order valence-corrected chi connectivity index (χ2v) is 5.82. The van der Waals surface area contributed by atoms with Gasteiger partial charge >= 0.3 is 0 Å². The number of methoxy groups -OCH3 is 2. The second kappa shape index (κ2) is 11.0. The van der Waals surface area contributed by atoms with Crippen molar-refractivity contribution in [3.8, 4) is 17.2 Å². The van der Waals surface area contributed by atoms with E-state index in [1.807, 2.05) is 56.3 Å². The van der Waals surface area contributed by atoms with E-state index in [4.69, 9.17) is 14.2 Å². The molecule has 0 aliphatic heterocycles. The lowest BCUT2D eigenvalue weighted by molar-refractivity contribution is 0.310. The minimum absolute atomic E-state index is 0.544. The third-order valence-corrected chi connectivity index (χ3v) is 3.91. The lowest BCUT2D eigenvalue weighted by Crippen LogP contribution is -2.36. The van der Waals surface area contributed by atoms with Crippen LogP contribution in [0.2, 0.25) is 0 Å². The fraction of sp³-hybridized carbons (Fsp3) is 0.381. The van der Waals surface area contributed by atoms with Crippen LogP contribution in [0, 0.1) is 0 Å². The SMILES string of the molecule is CCNC(=NCc1ccc(OC)c(OCC)c1)NCc1ccc(OC)cc1. The number of ether oxygens (including phenoxy) is 3. The average molecular weight is 371 g/mol. The van der Waals surface area contributed by atoms with Crippen molar-refractivity contribution in [2.75, 3.05) is 27.4 Å². The fourth-order valence-electron chi connectivity index (χ4n) is 2.53. The number of nitrogens with zero attached hydrogens (tertiary/aromatic N) is 1. The summed E-state index contributed by atoms with van der Waals surface area (Å²) in [6.07, 6.45) is 0. The van der Waals surface area contributed by atoms with Gasteiger partial charge in [0.25, 0.3) is 0 Å². The molecule has 0 amide bonds. The maximum Gasteiger partial charge on any atom is 0.191 e. The van der Waals surface area contributed by atoms with E-state index in [2.05, 4.69) is 15.6 Å². The van der Waals surface area contributed by atoms with Crippen molar-refractivity contribution < 1.29 is 14.2 Å². The highest BCUT2D eigenvalue weighted by atomic mass is 16.5. The molecule has 2 rings (SSSR count). The first-order chi connectivity index (χ1) is 13.2. The van der Waals surface area contributed by atoms with Crippen LogP contribution in [-0.4, -0.2) is 33.3 Å². The van der Waals surface area contributed by atoms with Gasteiger partial charge in [0.1, 0.15) is 5.75 Å². The van der Waals surface area contributed by atoms with Crippen LogP contribution in [-0.2, 0) is 13.1 Å². The summed E-state index contributed by atoms with van der Waals surface area (Å²) in [6.45, 7) is 6.61. The predicted molar refractivity (Wildman–Crippen MR) is 109 cm³/mol. The first-order valence-corrected chi connectivity index (χ1v) is 9.15. The van der Waals surface area contributed by atoms with Crippen molar-refractivity contribution in [2.45, 2.75) is 26.9 Å². The second-order valence-electron chi connectivity index (χ2n) is 5.82. The van der Waals surface area contributed by atoms with Crippen LogP contribution in [0.4, 0.5) is 0 Å². The van der Waals surface area contributed by atoms with E-state index in [9.17, 15) is 0 Å². The highest BCUT2D eigenvalue weighted by Gasteiger charge is 2.06. The number of guanidine groups is 1. The van der Waals surface area contributed by atoms with Gasteiger partial charge < -0.3 is 24.8 Å². The zero-order valence-electron chi connectivity index (χ0n) is 16.5. The Morgan fingerprint density at radius 2 is 1.63 bits per heavy atom.